The molecule has 0 bridgehead atoms. The van der Waals surface area contributed by atoms with Crippen molar-refractivity contribution in [1.82, 2.24) is 4.98 Å². The zero-order valence-electron chi connectivity index (χ0n) is 15.4. The van der Waals surface area contributed by atoms with Gasteiger partial charge in [-0.15, -0.1) is 11.4 Å². The van der Waals surface area contributed by atoms with Gasteiger partial charge in [0.05, 0.1) is 23.3 Å². The van der Waals surface area contributed by atoms with Gasteiger partial charge in [0.1, 0.15) is 0 Å². The van der Waals surface area contributed by atoms with E-state index < -0.39 is 0 Å². The van der Waals surface area contributed by atoms with Crippen molar-refractivity contribution in [3.8, 4) is 11.3 Å². The molecule has 0 N–H and O–H groups in total. The zero-order valence-corrected chi connectivity index (χ0v) is 17.2. The number of pyridine rings is 1. The Balaban J connectivity index is 0.00000117. The van der Waals surface area contributed by atoms with E-state index >= 15 is 0 Å². The molecule has 3 nitrogen and oxygen atoms in total. The van der Waals surface area contributed by atoms with Crippen LogP contribution in [0.1, 0.15) is 5.69 Å². The van der Waals surface area contributed by atoms with E-state index in [0.717, 1.165) is 34.0 Å². The third-order valence-electron chi connectivity index (χ3n) is 4.06. The Labute approximate surface area is 183 Å². The Hall–Kier alpha value is -2.92. The Bertz CT molecular complexity index is 1050. The maximum absolute atomic E-state index is 4.77. The van der Waals surface area contributed by atoms with E-state index in [1.165, 1.54) is 0 Å². The molecule has 5 heteroatoms. The van der Waals surface area contributed by atoms with E-state index in [1.807, 2.05) is 103 Å². The van der Waals surface area contributed by atoms with Gasteiger partial charge in [-0.1, -0.05) is 78.9 Å². The van der Waals surface area contributed by atoms with Crippen molar-refractivity contribution in [2.75, 3.05) is 0 Å². The van der Waals surface area contributed by atoms with Crippen LogP contribution in [0.25, 0.3) is 16.6 Å². The summed E-state index contributed by atoms with van der Waals surface area (Å²) in [6.07, 6.45) is 1.79. The maximum atomic E-state index is 4.77. The fourth-order valence-corrected chi connectivity index (χ4v) is 2.76. The summed E-state index contributed by atoms with van der Waals surface area (Å²) in [4.78, 5) is 9.24. The Morgan fingerprint density at radius 1 is 0.724 bits per heavy atom. The van der Waals surface area contributed by atoms with Crippen molar-refractivity contribution in [3.63, 3.8) is 0 Å². The second-order valence-corrected chi connectivity index (χ2v) is 6.01. The fraction of sp³-hybridized carbons (Fsp3) is 0. The van der Waals surface area contributed by atoms with Gasteiger partial charge >= 0.3 is 25.0 Å². The first-order chi connectivity index (χ1) is 14.4. The third-order valence-corrected chi connectivity index (χ3v) is 4.06. The van der Waals surface area contributed by atoms with Gasteiger partial charge in [0.2, 0.25) is 0 Å². The van der Waals surface area contributed by atoms with Gasteiger partial charge in [-0.2, -0.15) is 0 Å². The topological polar surface area (TPSA) is 39.4 Å². The number of aliphatic imine (C=N–C) groups is 1. The molecule has 0 unspecified atom stereocenters. The first kappa shape index (κ1) is 20.8. The van der Waals surface area contributed by atoms with Crippen LogP contribution in [0.4, 0.5) is 17.1 Å². The predicted octanol–water partition coefficient (Wildman–Crippen LogP) is 7.52. The van der Waals surface area contributed by atoms with Crippen molar-refractivity contribution in [1.29, 1.82) is 0 Å². The second kappa shape index (κ2) is 11.2. The summed E-state index contributed by atoms with van der Waals surface area (Å²) < 4.78 is 0. The first-order valence-electron chi connectivity index (χ1n) is 8.93. The van der Waals surface area contributed by atoms with Gasteiger partial charge < -0.3 is 5.32 Å². The zero-order chi connectivity index (χ0) is 20.3. The number of para-hydroxylation sites is 3. The molecule has 0 spiro atoms. The predicted molar refractivity (Wildman–Crippen MR) is 118 cm³/mol. The van der Waals surface area contributed by atoms with Crippen molar-refractivity contribution >= 4 is 33.4 Å². The van der Waals surface area contributed by atoms with Crippen molar-refractivity contribution in [3.05, 3.63) is 114 Å². The Kier molecular flexibility index (Phi) is 8.01. The molecule has 0 aliphatic rings. The average Bonchev–Trinajstić information content (AvgIpc) is 2.81. The molecular formula is C24H18ClCoN3. The molecule has 0 amide bonds. The second-order valence-electron chi connectivity index (χ2n) is 6.01. The summed E-state index contributed by atoms with van der Waals surface area (Å²) in [7, 11) is 4.33. The standard InChI is InChI=1S/C24H18N3.ClH.Co/c1-3-10-19(11-4-1)25-18-21-14-9-17-24(27-21)22-15-7-8-16-23(22)26-20-12-5-2-6-13-20;;/h1-18H;1H;/q-1;;+2/p-1. The Morgan fingerprint density at radius 2 is 1.38 bits per heavy atom. The summed E-state index contributed by atoms with van der Waals surface area (Å²) in [6.45, 7) is 0. The molecule has 1 heterocycles. The third kappa shape index (κ3) is 6.03. The van der Waals surface area contributed by atoms with Crippen molar-refractivity contribution in [2.45, 2.75) is 0 Å². The van der Waals surface area contributed by atoms with E-state index in [0.29, 0.717) is 0 Å². The van der Waals surface area contributed by atoms with Crippen LogP contribution in [-0.2, 0) is 14.8 Å². The molecule has 0 fully saturated rings. The molecule has 0 aliphatic carbocycles. The number of halogens is 1. The van der Waals surface area contributed by atoms with Gasteiger partial charge in [-0.05, 0) is 29.8 Å². The first-order valence-corrected chi connectivity index (χ1v) is 10.4. The molecule has 29 heavy (non-hydrogen) atoms. The van der Waals surface area contributed by atoms with Crippen molar-refractivity contribution < 1.29 is 14.8 Å². The number of aromatic nitrogens is 1. The van der Waals surface area contributed by atoms with Crippen LogP contribution < -0.4 is 0 Å². The molecule has 0 aliphatic heterocycles. The average molecular weight is 443 g/mol. The number of benzene rings is 3. The molecule has 145 valence electrons. The summed E-state index contributed by atoms with van der Waals surface area (Å²) in [5.74, 6) is 0. The van der Waals surface area contributed by atoms with Crippen LogP contribution in [-0.4, -0.2) is 11.2 Å². The van der Waals surface area contributed by atoms with Crippen LogP contribution >= 0.6 is 10.1 Å². The van der Waals surface area contributed by atoms with Gasteiger partial charge in [0.25, 0.3) is 0 Å². The van der Waals surface area contributed by atoms with Crippen molar-refractivity contribution in [2.24, 2.45) is 4.99 Å². The number of rotatable bonds is 5. The summed E-state index contributed by atoms with van der Waals surface area (Å²) in [5, 5.41) is 4.77. The number of hydrogen-bond acceptors (Lipinski definition) is 2. The van der Waals surface area contributed by atoms with Crippen LogP contribution in [0.15, 0.2) is 108 Å². The van der Waals surface area contributed by atoms with Gasteiger partial charge in [0.15, 0.2) is 0 Å². The Morgan fingerprint density at radius 3 is 2.14 bits per heavy atom. The quantitative estimate of drug-likeness (QED) is 0.294. The van der Waals surface area contributed by atoms with E-state index in [1.54, 1.807) is 6.21 Å². The molecular weight excluding hydrogens is 425 g/mol. The SMILES string of the molecule is C(=Nc1ccccc1)c1cccc(-c2ccccc2[N-]c2ccccc2)n1.[Cl][Co+]. The molecule has 0 atom stereocenters. The minimum atomic E-state index is 0.811. The molecule has 4 aromatic rings. The molecule has 3 aromatic carbocycles. The van der Waals surface area contributed by atoms with Crippen LogP contribution in [0.5, 0.6) is 0 Å². The van der Waals surface area contributed by atoms with Crippen LogP contribution in [0, 0.1) is 0 Å². The van der Waals surface area contributed by atoms with Gasteiger partial charge in [-0.3, -0.25) is 4.99 Å². The van der Waals surface area contributed by atoms with E-state index in [9.17, 15) is 0 Å². The normalized spacial score (nSPS) is 10.3. The van der Waals surface area contributed by atoms with E-state index in [2.05, 4.69) is 30.0 Å². The van der Waals surface area contributed by atoms with Crippen LogP contribution in [0.3, 0.4) is 0 Å². The number of hydrogen-bond donors (Lipinski definition) is 0. The van der Waals surface area contributed by atoms with Crippen LogP contribution in [0.2, 0.25) is 0 Å². The monoisotopic (exact) mass is 442 g/mol. The summed E-state index contributed by atoms with van der Waals surface area (Å²) >= 11 is 3.03. The van der Waals surface area contributed by atoms with E-state index in [-0.39, 0.29) is 0 Å². The molecule has 0 saturated carbocycles. The number of nitrogens with zero attached hydrogens (tertiary/aromatic N) is 3. The van der Waals surface area contributed by atoms with Gasteiger partial charge in [-0.25, -0.2) is 4.98 Å². The fourth-order valence-electron chi connectivity index (χ4n) is 2.76. The molecule has 4 rings (SSSR count). The summed E-state index contributed by atoms with van der Waals surface area (Å²) in [5.41, 5.74) is 5.41. The minimum absolute atomic E-state index is 0.811. The molecule has 1 aromatic heterocycles. The molecule has 0 radical (unpaired) electrons. The molecule has 0 saturated heterocycles. The van der Waals surface area contributed by atoms with Gasteiger partial charge in [0, 0.05) is 0 Å². The summed E-state index contributed by atoms with van der Waals surface area (Å²) in [6, 6.07) is 33.8. The van der Waals surface area contributed by atoms with E-state index in [4.69, 9.17) is 10.3 Å².